The number of aliphatic hydroxyl groups is 1. The summed E-state index contributed by atoms with van der Waals surface area (Å²) in [5, 5.41) is 9.24. The molecule has 0 aromatic carbocycles. The van der Waals surface area contributed by atoms with Crippen LogP contribution in [-0.4, -0.2) is 48.3 Å². The summed E-state index contributed by atoms with van der Waals surface area (Å²) in [6.07, 6.45) is 0.111. The zero-order valence-corrected chi connectivity index (χ0v) is 7.49. The highest BCUT2D eigenvalue weighted by Crippen LogP contribution is 2.16. The predicted molar refractivity (Wildman–Crippen MR) is 43.7 cm³/mol. The second kappa shape index (κ2) is 3.87. The monoisotopic (exact) mass is 173 g/mol. The molecular formula is C8H15NO3. The Morgan fingerprint density at radius 2 is 2.42 bits per heavy atom. The van der Waals surface area contributed by atoms with Crippen LogP contribution < -0.4 is 0 Å². The van der Waals surface area contributed by atoms with E-state index in [1.807, 2.05) is 11.9 Å². The van der Waals surface area contributed by atoms with Crippen LogP contribution in [0.15, 0.2) is 0 Å². The molecule has 0 saturated carbocycles. The summed E-state index contributed by atoms with van der Waals surface area (Å²) in [6, 6.07) is -0.250. The van der Waals surface area contributed by atoms with Gasteiger partial charge in [0.1, 0.15) is 6.04 Å². The third-order valence-electron chi connectivity index (χ3n) is 2.08. The van der Waals surface area contributed by atoms with Gasteiger partial charge in [-0.05, 0) is 14.0 Å². The fourth-order valence-electron chi connectivity index (χ4n) is 1.49. The normalized spacial score (nSPS) is 30.6. The van der Waals surface area contributed by atoms with Crippen LogP contribution in [0.2, 0.25) is 0 Å². The van der Waals surface area contributed by atoms with E-state index in [-0.39, 0.29) is 18.1 Å². The van der Waals surface area contributed by atoms with E-state index in [0.717, 1.165) is 0 Å². The van der Waals surface area contributed by atoms with Crippen LogP contribution in [0, 0.1) is 0 Å². The van der Waals surface area contributed by atoms with Crippen LogP contribution in [0.1, 0.15) is 13.3 Å². The number of aliphatic hydroxyl groups excluding tert-OH is 1. The highest BCUT2D eigenvalue weighted by molar-refractivity contribution is 5.76. The highest BCUT2D eigenvalue weighted by Gasteiger charge is 2.34. The fraction of sp³-hybridized carbons (Fsp3) is 0.875. The molecule has 0 aromatic heterocycles. The van der Waals surface area contributed by atoms with E-state index in [9.17, 15) is 9.90 Å². The molecule has 1 fully saturated rings. The fourth-order valence-corrected chi connectivity index (χ4v) is 1.49. The first-order chi connectivity index (χ1) is 5.65. The maximum atomic E-state index is 11.2. The van der Waals surface area contributed by atoms with E-state index in [2.05, 4.69) is 0 Å². The minimum atomic E-state index is -0.385. The van der Waals surface area contributed by atoms with Gasteiger partial charge >= 0.3 is 5.97 Å². The van der Waals surface area contributed by atoms with Gasteiger partial charge in [0.25, 0.3) is 0 Å². The van der Waals surface area contributed by atoms with Gasteiger partial charge in [0.05, 0.1) is 12.7 Å². The molecule has 1 saturated heterocycles. The molecule has 0 aromatic rings. The number of carbonyl (C=O) groups excluding carboxylic acids is 1. The summed E-state index contributed by atoms with van der Waals surface area (Å²) in [6.45, 7) is 2.74. The molecule has 0 amide bonds. The SMILES string of the molecule is CCOC(=O)[C@@H]1C[C@@H](O)CN1C. The largest absolute Gasteiger partial charge is 0.465 e. The zero-order valence-electron chi connectivity index (χ0n) is 7.49. The third kappa shape index (κ3) is 1.95. The molecule has 1 aliphatic heterocycles. The summed E-state index contributed by atoms with van der Waals surface area (Å²) in [5.74, 6) is -0.225. The summed E-state index contributed by atoms with van der Waals surface area (Å²) in [5.41, 5.74) is 0. The van der Waals surface area contributed by atoms with Crippen LogP contribution in [-0.2, 0) is 9.53 Å². The van der Waals surface area contributed by atoms with E-state index >= 15 is 0 Å². The molecule has 0 unspecified atom stereocenters. The van der Waals surface area contributed by atoms with Crippen molar-refractivity contribution in [3.63, 3.8) is 0 Å². The summed E-state index contributed by atoms with van der Waals surface area (Å²) in [4.78, 5) is 13.0. The first-order valence-electron chi connectivity index (χ1n) is 4.20. The lowest BCUT2D eigenvalue weighted by Crippen LogP contribution is -2.34. The molecule has 12 heavy (non-hydrogen) atoms. The van der Waals surface area contributed by atoms with Gasteiger partial charge in [0, 0.05) is 13.0 Å². The summed E-state index contributed by atoms with van der Waals surface area (Å²) in [7, 11) is 1.82. The standard InChI is InChI=1S/C8H15NO3/c1-3-12-8(11)7-4-6(10)5-9(7)2/h6-7,10H,3-5H2,1-2H3/t6-,7+/m1/s1. The van der Waals surface area contributed by atoms with Gasteiger partial charge in [0.2, 0.25) is 0 Å². The number of nitrogens with zero attached hydrogens (tertiary/aromatic N) is 1. The maximum absolute atomic E-state index is 11.2. The molecule has 1 rings (SSSR count). The molecule has 0 spiro atoms. The summed E-state index contributed by atoms with van der Waals surface area (Å²) < 4.78 is 4.85. The second-order valence-electron chi connectivity index (χ2n) is 3.10. The number of ether oxygens (including phenoxy) is 1. The molecule has 70 valence electrons. The van der Waals surface area contributed by atoms with E-state index < -0.39 is 0 Å². The van der Waals surface area contributed by atoms with Gasteiger partial charge in [-0.3, -0.25) is 9.69 Å². The first-order valence-corrected chi connectivity index (χ1v) is 4.20. The number of likely N-dealkylation sites (tertiary alicyclic amines) is 1. The van der Waals surface area contributed by atoms with Gasteiger partial charge in [-0.25, -0.2) is 0 Å². The van der Waals surface area contributed by atoms with E-state index in [1.165, 1.54) is 0 Å². The Kier molecular flexibility index (Phi) is 3.05. The number of hydrogen-bond donors (Lipinski definition) is 1. The number of carbonyl (C=O) groups is 1. The van der Waals surface area contributed by atoms with Crippen LogP contribution >= 0.6 is 0 Å². The average Bonchev–Trinajstić information content (AvgIpc) is 2.30. The molecule has 1 N–H and O–H groups in total. The smallest absolute Gasteiger partial charge is 0.323 e. The van der Waals surface area contributed by atoms with Crippen LogP contribution in [0.3, 0.4) is 0 Å². The van der Waals surface area contributed by atoms with E-state index in [1.54, 1.807) is 6.92 Å². The average molecular weight is 173 g/mol. The maximum Gasteiger partial charge on any atom is 0.323 e. The lowest BCUT2D eigenvalue weighted by molar-refractivity contribution is -0.148. The number of likely N-dealkylation sites (N-methyl/N-ethyl adjacent to an activating group) is 1. The Bertz CT molecular complexity index is 172. The van der Waals surface area contributed by atoms with E-state index in [0.29, 0.717) is 19.6 Å². The van der Waals surface area contributed by atoms with Crippen molar-refractivity contribution in [2.24, 2.45) is 0 Å². The van der Waals surface area contributed by atoms with Crippen molar-refractivity contribution in [3.05, 3.63) is 0 Å². The van der Waals surface area contributed by atoms with Crippen LogP contribution in [0.5, 0.6) is 0 Å². The molecule has 0 bridgehead atoms. The van der Waals surface area contributed by atoms with Crippen molar-refractivity contribution in [1.82, 2.24) is 4.90 Å². The molecule has 2 atom stereocenters. The number of hydrogen-bond acceptors (Lipinski definition) is 4. The molecule has 0 aliphatic carbocycles. The van der Waals surface area contributed by atoms with Crippen LogP contribution in [0.25, 0.3) is 0 Å². The Morgan fingerprint density at radius 1 is 1.75 bits per heavy atom. The topological polar surface area (TPSA) is 49.8 Å². The van der Waals surface area contributed by atoms with Crippen molar-refractivity contribution < 1.29 is 14.6 Å². The van der Waals surface area contributed by atoms with E-state index in [4.69, 9.17) is 4.74 Å². The molecule has 4 nitrogen and oxygen atoms in total. The molecular weight excluding hydrogens is 158 g/mol. The molecule has 0 radical (unpaired) electrons. The molecule has 4 heteroatoms. The van der Waals surface area contributed by atoms with Crippen molar-refractivity contribution in [2.75, 3.05) is 20.2 Å². The van der Waals surface area contributed by atoms with Crippen molar-refractivity contribution in [1.29, 1.82) is 0 Å². The van der Waals surface area contributed by atoms with Crippen molar-refractivity contribution in [2.45, 2.75) is 25.5 Å². The molecule has 1 aliphatic rings. The van der Waals surface area contributed by atoms with Crippen molar-refractivity contribution >= 4 is 5.97 Å². The van der Waals surface area contributed by atoms with Gasteiger partial charge in [-0.15, -0.1) is 0 Å². The summed E-state index contributed by atoms with van der Waals surface area (Å²) >= 11 is 0. The lowest BCUT2D eigenvalue weighted by Gasteiger charge is -2.16. The number of β-amino-alcohol motifs (C(OH)–C–C–N with tert-alkyl or cyclic N) is 1. The van der Waals surface area contributed by atoms with Gasteiger partial charge < -0.3 is 9.84 Å². The van der Waals surface area contributed by atoms with Gasteiger partial charge in [-0.1, -0.05) is 0 Å². The predicted octanol–water partition coefficient (Wildman–Crippen LogP) is -0.386. The quantitative estimate of drug-likeness (QED) is 0.578. The Morgan fingerprint density at radius 3 is 2.83 bits per heavy atom. The Balaban J connectivity index is 2.46. The Hall–Kier alpha value is -0.610. The van der Waals surface area contributed by atoms with Crippen molar-refractivity contribution in [3.8, 4) is 0 Å². The lowest BCUT2D eigenvalue weighted by atomic mass is 10.2. The van der Waals surface area contributed by atoms with Crippen LogP contribution in [0.4, 0.5) is 0 Å². The zero-order chi connectivity index (χ0) is 9.14. The minimum absolute atomic E-state index is 0.225. The van der Waals surface area contributed by atoms with Gasteiger partial charge in [-0.2, -0.15) is 0 Å². The second-order valence-corrected chi connectivity index (χ2v) is 3.10. The molecule has 1 heterocycles. The minimum Gasteiger partial charge on any atom is -0.465 e. The van der Waals surface area contributed by atoms with Gasteiger partial charge in [0.15, 0.2) is 0 Å². The number of esters is 1. The third-order valence-corrected chi connectivity index (χ3v) is 2.08. The highest BCUT2D eigenvalue weighted by atomic mass is 16.5. The Labute approximate surface area is 72.1 Å². The first kappa shape index (κ1) is 9.48. The number of rotatable bonds is 2.